The molecule has 4 heterocycles. The van der Waals surface area contributed by atoms with Crippen LogP contribution < -0.4 is 10.5 Å². The van der Waals surface area contributed by atoms with Crippen LogP contribution in [0.5, 0.6) is 11.8 Å². The SMILES string of the molecule is C/N=C/c1ncc(-c2ccc(-c3c(-c4ccc(Oc5nccc(C)n5)cc4)c4c(N)ncnc4n3C)cc2)s1. The standard InChI is InChI=1S/C29H24N8OS/c1-17-12-13-32-29(36-17)38-21-10-8-19(9-11-21)24-25-27(30)34-16-35-28(25)37(3)26(24)20-6-4-18(5-7-20)22-14-33-23(39-22)15-31-2/h4-16H,1-3H3,(H2,30,34,35)/b31-15+. The maximum atomic E-state index is 6.41. The minimum absolute atomic E-state index is 0.307. The van der Waals surface area contributed by atoms with E-state index in [4.69, 9.17) is 10.5 Å². The first-order valence-electron chi connectivity index (χ1n) is 12.2. The Kier molecular flexibility index (Phi) is 6.29. The number of nitrogens with zero attached hydrogens (tertiary/aromatic N) is 7. The fourth-order valence-corrected chi connectivity index (χ4v) is 5.40. The number of nitrogens with two attached hydrogens (primary N) is 1. The Morgan fingerprint density at radius 2 is 1.67 bits per heavy atom. The highest BCUT2D eigenvalue weighted by molar-refractivity contribution is 7.16. The molecule has 2 N–H and O–H groups in total. The average Bonchev–Trinajstić information content (AvgIpc) is 3.53. The molecule has 4 aromatic heterocycles. The number of rotatable bonds is 6. The zero-order chi connectivity index (χ0) is 26.9. The number of fused-ring (bicyclic) bond motifs is 1. The molecule has 0 bridgehead atoms. The molecule has 0 aliphatic carbocycles. The topological polar surface area (TPSA) is 117 Å². The van der Waals surface area contributed by atoms with Gasteiger partial charge >= 0.3 is 6.01 Å². The van der Waals surface area contributed by atoms with Crippen LogP contribution in [0.25, 0.3) is 43.9 Å². The first-order valence-corrected chi connectivity index (χ1v) is 13.0. The zero-order valence-corrected chi connectivity index (χ0v) is 22.3. The number of nitrogen functional groups attached to an aromatic ring is 1. The van der Waals surface area contributed by atoms with Crippen molar-refractivity contribution in [1.82, 2.24) is 29.5 Å². The summed E-state index contributed by atoms with van der Waals surface area (Å²) in [5.41, 5.74) is 13.0. The second-order valence-electron chi connectivity index (χ2n) is 8.87. The Morgan fingerprint density at radius 1 is 0.923 bits per heavy atom. The first kappa shape index (κ1) is 24.4. The van der Waals surface area contributed by atoms with E-state index in [2.05, 4.69) is 58.7 Å². The lowest BCUT2D eigenvalue weighted by Crippen LogP contribution is -1.95. The maximum absolute atomic E-state index is 6.41. The summed E-state index contributed by atoms with van der Waals surface area (Å²) in [6.45, 7) is 1.90. The van der Waals surface area contributed by atoms with Crippen molar-refractivity contribution in [1.29, 1.82) is 0 Å². The van der Waals surface area contributed by atoms with Gasteiger partial charge in [0.2, 0.25) is 0 Å². The van der Waals surface area contributed by atoms with Gasteiger partial charge in [0.1, 0.15) is 28.5 Å². The number of hydrogen-bond donors (Lipinski definition) is 1. The lowest BCUT2D eigenvalue weighted by molar-refractivity contribution is 0.440. The molecule has 0 amide bonds. The largest absolute Gasteiger partial charge is 0.424 e. The monoisotopic (exact) mass is 532 g/mol. The van der Waals surface area contributed by atoms with Crippen LogP contribution in [0.3, 0.4) is 0 Å². The van der Waals surface area contributed by atoms with Crippen LogP contribution >= 0.6 is 11.3 Å². The van der Waals surface area contributed by atoms with E-state index >= 15 is 0 Å². The van der Waals surface area contributed by atoms with Crippen molar-refractivity contribution in [2.45, 2.75) is 6.92 Å². The molecule has 6 rings (SSSR count). The van der Waals surface area contributed by atoms with E-state index < -0.39 is 0 Å². The van der Waals surface area contributed by atoms with Crippen LogP contribution in [0.4, 0.5) is 5.82 Å². The molecule has 0 aliphatic rings. The van der Waals surface area contributed by atoms with Gasteiger partial charge in [-0.25, -0.2) is 24.9 Å². The average molecular weight is 533 g/mol. The number of ether oxygens (including phenoxy) is 1. The molecule has 0 atom stereocenters. The quantitative estimate of drug-likeness (QED) is 0.264. The van der Waals surface area contributed by atoms with E-state index in [1.54, 1.807) is 30.8 Å². The molecule has 0 saturated heterocycles. The van der Waals surface area contributed by atoms with E-state index in [9.17, 15) is 0 Å². The van der Waals surface area contributed by atoms with Crippen molar-refractivity contribution in [3.8, 4) is 44.6 Å². The van der Waals surface area contributed by atoms with Crippen molar-refractivity contribution in [3.05, 3.63) is 84.0 Å². The fourth-order valence-electron chi connectivity index (χ4n) is 4.55. The molecule has 0 aliphatic heterocycles. The number of aromatic nitrogens is 6. The zero-order valence-electron chi connectivity index (χ0n) is 21.5. The summed E-state index contributed by atoms with van der Waals surface area (Å²) < 4.78 is 7.93. The smallest absolute Gasteiger partial charge is 0.322 e. The molecule has 9 nitrogen and oxygen atoms in total. The summed E-state index contributed by atoms with van der Waals surface area (Å²) >= 11 is 1.60. The number of aliphatic imine (C=N–C) groups is 1. The van der Waals surface area contributed by atoms with Crippen molar-refractivity contribution in [2.75, 3.05) is 12.8 Å². The summed E-state index contributed by atoms with van der Waals surface area (Å²) in [6.07, 6.45) is 6.81. The number of benzene rings is 2. The molecular weight excluding hydrogens is 508 g/mol. The highest BCUT2D eigenvalue weighted by Crippen LogP contribution is 2.42. The van der Waals surface area contributed by atoms with E-state index in [0.29, 0.717) is 17.6 Å². The molecule has 0 saturated carbocycles. The number of aryl methyl sites for hydroxylation is 2. The third kappa shape index (κ3) is 4.62. The minimum atomic E-state index is 0.307. The van der Waals surface area contributed by atoms with Gasteiger partial charge in [-0.1, -0.05) is 36.4 Å². The Bertz CT molecular complexity index is 1820. The highest BCUT2D eigenvalue weighted by Gasteiger charge is 2.22. The molecule has 0 fully saturated rings. The molecule has 0 spiro atoms. The molecule has 0 radical (unpaired) electrons. The van der Waals surface area contributed by atoms with Crippen molar-refractivity contribution < 1.29 is 4.74 Å². The summed E-state index contributed by atoms with van der Waals surface area (Å²) in [5, 5.41) is 1.68. The lowest BCUT2D eigenvalue weighted by Gasteiger charge is -2.10. The molecule has 2 aromatic carbocycles. The Labute approximate surface area is 228 Å². The first-order chi connectivity index (χ1) is 19.0. The van der Waals surface area contributed by atoms with Crippen molar-refractivity contribution >= 4 is 34.4 Å². The third-order valence-corrected chi connectivity index (χ3v) is 7.31. The predicted octanol–water partition coefficient (Wildman–Crippen LogP) is 5.95. The summed E-state index contributed by atoms with van der Waals surface area (Å²) in [7, 11) is 3.74. The van der Waals surface area contributed by atoms with Crippen LogP contribution in [-0.2, 0) is 7.05 Å². The van der Waals surface area contributed by atoms with Gasteiger partial charge in [-0.05, 0) is 41.8 Å². The number of hydrogen-bond acceptors (Lipinski definition) is 9. The predicted molar refractivity (Wildman–Crippen MR) is 155 cm³/mol. The van der Waals surface area contributed by atoms with Crippen LogP contribution in [0.15, 0.2) is 78.3 Å². The summed E-state index contributed by atoms with van der Waals surface area (Å²) in [5.74, 6) is 1.06. The van der Waals surface area contributed by atoms with Crippen molar-refractivity contribution in [3.63, 3.8) is 0 Å². The van der Waals surface area contributed by atoms with Gasteiger partial charge in [0.15, 0.2) is 0 Å². The number of anilines is 1. The Balaban J connectivity index is 1.42. The van der Waals surface area contributed by atoms with E-state index in [1.165, 1.54) is 6.33 Å². The molecule has 39 heavy (non-hydrogen) atoms. The van der Waals surface area contributed by atoms with E-state index in [0.717, 1.165) is 54.6 Å². The second kappa shape index (κ2) is 10.1. The van der Waals surface area contributed by atoms with Crippen LogP contribution in [0.1, 0.15) is 10.7 Å². The Morgan fingerprint density at radius 3 is 2.41 bits per heavy atom. The van der Waals surface area contributed by atoms with Gasteiger partial charge < -0.3 is 15.0 Å². The highest BCUT2D eigenvalue weighted by atomic mass is 32.1. The summed E-state index contributed by atoms with van der Waals surface area (Å²) in [6, 6.07) is 18.3. The normalized spacial score (nSPS) is 11.5. The molecule has 10 heteroatoms. The maximum Gasteiger partial charge on any atom is 0.322 e. The van der Waals surface area contributed by atoms with Crippen LogP contribution in [0.2, 0.25) is 0 Å². The minimum Gasteiger partial charge on any atom is -0.424 e. The number of thiazole rings is 1. The van der Waals surface area contributed by atoms with Crippen LogP contribution in [0, 0.1) is 6.92 Å². The van der Waals surface area contributed by atoms with Gasteiger partial charge in [0, 0.05) is 37.7 Å². The van der Waals surface area contributed by atoms with Gasteiger partial charge in [0.05, 0.1) is 22.2 Å². The Hall–Kier alpha value is -4.96. The summed E-state index contributed by atoms with van der Waals surface area (Å²) in [4.78, 5) is 26.9. The van der Waals surface area contributed by atoms with Gasteiger partial charge in [-0.3, -0.25) is 4.99 Å². The molecular formula is C29H24N8OS. The van der Waals surface area contributed by atoms with Gasteiger partial charge in [0.25, 0.3) is 0 Å². The van der Waals surface area contributed by atoms with E-state index in [-0.39, 0.29) is 0 Å². The van der Waals surface area contributed by atoms with E-state index in [1.807, 2.05) is 50.5 Å². The van der Waals surface area contributed by atoms with Crippen molar-refractivity contribution in [2.24, 2.45) is 12.0 Å². The molecule has 6 aromatic rings. The van der Waals surface area contributed by atoms with Gasteiger partial charge in [-0.2, -0.15) is 0 Å². The lowest BCUT2D eigenvalue weighted by atomic mass is 9.98. The molecule has 0 unspecified atom stereocenters. The second-order valence-corrected chi connectivity index (χ2v) is 9.94. The third-order valence-electron chi connectivity index (χ3n) is 6.33. The fraction of sp³-hybridized carbons (Fsp3) is 0.103. The van der Waals surface area contributed by atoms with Gasteiger partial charge in [-0.15, -0.1) is 11.3 Å². The van der Waals surface area contributed by atoms with Crippen LogP contribution in [-0.4, -0.2) is 42.7 Å². The molecule has 192 valence electrons.